The molecule has 6 heteroatoms. The van der Waals surface area contributed by atoms with Crippen LogP contribution in [0.5, 0.6) is 0 Å². The zero-order valence-corrected chi connectivity index (χ0v) is 12.3. The van der Waals surface area contributed by atoms with E-state index in [0.29, 0.717) is 27.4 Å². The minimum Gasteiger partial charge on any atom is -0.237 e. The van der Waals surface area contributed by atoms with Crippen LogP contribution in [0.15, 0.2) is 42.6 Å². The maximum Gasteiger partial charge on any atom is 0.167 e. The predicted octanol–water partition coefficient (Wildman–Crippen LogP) is 4.07. The zero-order valence-electron chi connectivity index (χ0n) is 11.6. The highest BCUT2D eigenvalue weighted by molar-refractivity contribution is 6.40. The molecular weight excluding hydrogens is 303 g/mol. The molecule has 4 aromatic rings. The number of aromatic nitrogens is 4. The molecule has 0 fully saturated rings. The van der Waals surface area contributed by atoms with E-state index in [4.69, 9.17) is 11.6 Å². The summed E-state index contributed by atoms with van der Waals surface area (Å²) in [4.78, 5) is 8.82. The van der Waals surface area contributed by atoms with Gasteiger partial charge >= 0.3 is 0 Å². The van der Waals surface area contributed by atoms with E-state index in [0.717, 1.165) is 11.1 Å². The van der Waals surface area contributed by atoms with Crippen LogP contribution in [0.4, 0.5) is 4.39 Å². The summed E-state index contributed by atoms with van der Waals surface area (Å²) in [5.74, 6) is 0.288. The summed E-state index contributed by atoms with van der Waals surface area (Å²) in [6.07, 6.45) is 1.68. The monoisotopic (exact) mass is 312 g/mol. The lowest BCUT2D eigenvalue weighted by atomic mass is 10.1. The number of pyridine rings is 2. The van der Waals surface area contributed by atoms with Crippen molar-refractivity contribution in [1.82, 2.24) is 19.7 Å². The number of nitrogens with zero attached hydrogens (tertiary/aromatic N) is 4. The van der Waals surface area contributed by atoms with Crippen LogP contribution in [0.3, 0.4) is 0 Å². The van der Waals surface area contributed by atoms with Crippen molar-refractivity contribution in [3.05, 3.63) is 59.1 Å². The predicted molar refractivity (Wildman–Crippen MR) is 83.9 cm³/mol. The van der Waals surface area contributed by atoms with Gasteiger partial charge in [0, 0.05) is 17.6 Å². The molecule has 0 aliphatic heterocycles. The summed E-state index contributed by atoms with van der Waals surface area (Å²) in [5.41, 5.74) is 1.82. The van der Waals surface area contributed by atoms with Gasteiger partial charge < -0.3 is 0 Å². The molecule has 108 valence electrons. The molecule has 0 aliphatic carbocycles. The van der Waals surface area contributed by atoms with Gasteiger partial charge in [-0.3, -0.25) is 0 Å². The van der Waals surface area contributed by atoms with Crippen LogP contribution in [0.2, 0.25) is 5.02 Å². The quantitative estimate of drug-likeness (QED) is 0.532. The van der Waals surface area contributed by atoms with Gasteiger partial charge in [-0.25, -0.2) is 14.4 Å². The average molecular weight is 313 g/mol. The van der Waals surface area contributed by atoms with Crippen molar-refractivity contribution in [1.29, 1.82) is 0 Å². The third kappa shape index (κ3) is 1.86. The minimum absolute atomic E-state index is 0.351. The molecule has 3 aromatic heterocycles. The molecule has 0 saturated carbocycles. The molecule has 0 atom stereocenters. The van der Waals surface area contributed by atoms with E-state index in [9.17, 15) is 4.39 Å². The van der Waals surface area contributed by atoms with Crippen molar-refractivity contribution in [3.8, 4) is 5.82 Å². The van der Waals surface area contributed by atoms with Gasteiger partial charge in [-0.15, -0.1) is 0 Å². The Kier molecular flexibility index (Phi) is 2.84. The number of rotatable bonds is 1. The van der Waals surface area contributed by atoms with Gasteiger partial charge in [-0.2, -0.15) is 9.78 Å². The standard InChI is InChI=1S/C16H10ClFN4/c1-9-14-15(17)11-6-5-10(18)8-12(11)20-16(14)22(21-9)13-4-2-3-7-19-13/h2-8H,1H3. The van der Waals surface area contributed by atoms with E-state index in [2.05, 4.69) is 15.1 Å². The van der Waals surface area contributed by atoms with Gasteiger partial charge in [0.15, 0.2) is 11.5 Å². The van der Waals surface area contributed by atoms with Crippen LogP contribution in [-0.4, -0.2) is 19.7 Å². The Morgan fingerprint density at radius 1 is 1.18 bits per heavy atom. The largest absolute Gasteiger partial charge is 0.237 e. The topological polar surface area (TPSA) is 43.6 Å². The normalized spacial score (nSPS) is 11.4. The Hall–Kier alpha value is -2.53. The maximum absolute atomic E-state index is 13.5. The van der Waals surface area contributed by atoms with Crippen LogP contribution in [0.25, 0.3) is 27.8 Å². The smallest absolute Gasteiger partial charge is 0.167 e. The minimum atomic E-state index is -0.351. The number of hydrogen-bond acceptors (Lipinski definition) is 3. The highest BCUT2D eigenvalue weighted by Gasteiger charge is 2.17. The maximum atomic E-state index is 13.5. The summed E-state index contributed by atoms with van der Waals surface area (Å²) in [7, 11) is 0. The second-order valence-corrected chi connectivity index (χ2v) is 5.35. The van der Waals surface area contributed by atoms with E-state index in [1.165, 1.54) is 12.1 Å². The van der Waals surface area contributed by atoms with Gasteiger partial charge in [0.05, 0.1) is 21.6 Å². The van der Waals surface area contributed by atoms with Gasteiger partial charge in [0.25, 0.3) is 0 Å². The Balaban J connectivity index is 2.15. The molecule has 22 heavy (non-hydrogen) atoms. The molecule has 1 aromatic carbocycles. The lowest BCUT2D eigenvalue weighted by molar-refractivity contribution is 0.629. The van der Waals surface area contributed by atoms with Crippen LogP contribution >= 0.6 is 11.6 Å². The second-order valence-electron chi connectivity index (χ2n) is 4.97. The first kappa shape index (κ1) is 13.2. The Morgan fingerprint density at radius 2 is 2.05 bits per heavy atom. The van der Waals surface area contributed by atoms with Gasteiger partial charge in [-0.1, -0.05) is 17.7 Å². The molecule has 0 bridgehead atoms. The van der Waals surface area contributed by atoms with Crippen molar-refractivity contribution in [2.24, 2.45) is 0 Å². The molecule has 0 spiro atoms. The number of hydrogen-bond donors (Lipinski definition) is 0. The SMILES string of the molecule is Cc1nn(-c2ccccn2)c2nc3cc(F)ccc3c(Cl)c12. The molecule has 0 radical (unpaired) electrons. The summed E-state index contributed by atoms with van der Waals surface area (Å²) in [6, 6.07) is 9.90. The van der Waals surface area contributed by atoms with E-state index < -0.39 is 0 Å². The number of benzene rings is 1. The Bertz CT molecular complexity index is 1010. The summed E-state index contributed by atoms with van der Waals surface area (Å²) in [6.45, 7) is 1.87. The van der Waals surface area contributed by atoms with Gasteiger partial charge in [0.2, 0.25) is 0 Å². The molecule has 0 N–H and O–H groups in total. The highest BCUT2D eigenvalue weighted by atomic mass is 35.5. The molecule has 4 rings (SSSR count). The van der Waals surface area contributed by atoms with Crippen molar-refractivity contribution in [2.45, 2.75) is 6.92 Å². The molecule has 0 aliphatic rings. The van der Waals surface area contributed by atoms with Crippen LogP contribution in [0, 0.1) is 12.7 Å². The van der Waals surface area contributed by atoms with Crippen LogP contribution in [-0.2, 0) is 0 Å². The lowest BCUT2D eigenvalue weighted by Gasteiger charge is -2.04. The van der Waals surface area contributed by atoms with Crippen LogP contribution in [0.1, 0.15) is 5.69 Å². The summed E-state index contributed by atoms with van der Waals surface area (Å²) < 4.78 is 15.1. The van der Waals surface area contributed by atoms with Gasteiger partial charge in [0.1, 0.15) is 5.82 Å². The third-order valence-electron chi connectivity index (χ3n) is 3.54. The van der Waals surface area contributed by atoms with Crippen LogP contribution < -0.4 is 0 Å². The lowest BCUT2D eigenvalue weighted by Crippen LogP contribution is -2.00. The fourth-order valence-corrected chi connectivity index (χ4v) is 2.93. The summed E-state index contributed by atoms with van der Waals surface area (Å²) in [5, 5.41) is 6.47. The number of fused-ring (bicyclic) bond motifs is 2. The molecule has 3 heterocycles. The Morgan fingerprint density at radius 3 is 2.82 bits per heavy atom. The molecule has 4 nitrogen and oxygen atoms in total. The highest BCUT2D eigenvalue weighted by Crippen LogP contribution is 2.33. The van der Waals surface area contributed by atoms with Crippen molar-refractivity contribution >= 4 is 33.5 Å². The number of aryl methyl sites for hydroxylation is 1. The first-order valence-corrected chi connectivity index (χ1v) is 7.08. The molecule has 0 saturated heterocycles. The second kappa shape index (κ2) is 4.74. The third-order valence-corrected chi connectivity index (χ3v) is 3.94. The molecule has 0 unspecified atom stereocenters. The first-order valence-electron chi connectivity index (χ1n) is 6.70. The van der Waals surface area contributed by atoms with E-state index >= 15 is 0 Å². The van der Waals surface area contributed by atoms with Crippen molar-refractivity contribution < 1.29 is 4.39 Å². The van der Waals surface area contributed by atoms with Crippen molar-refractivity contribution in [2.75, 3.05) is 0 Å². The Labute approximate surface area is 130 Å². The summed E-state index contributed by atoms with van der Waals surface area (Å²) >= 11 is 6.50. The fourth-order valence-electron chi connectivity index (χ4n) is 2.55. The molecular formula is C16H10ClFN4. The molecule has 0 amide bonds. The average Bonchev–Trinajstić information content (AvgIpc) is 2.85. The van der Waals surface area contributed by atoms with Crippen molar-refractivity contribution in [3.63, 3.8) is 0 Å². The number of halogens is 2. The van der Waals surface area contributed by atoms with E-state index in [1.54, 1.807) is 16.9 Å². The first-order chi connectivity index (χ1) is 10.6. The zero-order chi connectivity index (χ0) is 15.3. The fraction of sp³-hybridized carbons (Fsp3) is 0.0625. The van der Waals surface area contributed by atoms with E-state index in [1.807, 2.05) is 25.1 Å². The van der Waals surface area contributed by atoms with E-state index in [-0.39, 0.29) is 5.82 Å². The van der Waals surface area contributed by atoms with Gasteiger partial charge in [-0.05, 0) is 31.2 Å².